The molecule has 3 nitrogen and oxygen atoms in total. The molecule has 2 rings (SSSR count). The Kier molecular flexibility index (Phi) is 4.00. The molecule has 1 aromatic heterocycles. The highest BCUT2D eigenvalue weighted by molar-refractivity contribution is 7.59. The Morgan fingerprint density at radius 1 is 1.24 bits per heavy atom. The number of thiophene rings is 1. The molecule has 0 fully saturated rings. The van der Waals surface area contributed by atoms with Crippen molar-refractivity contribution in [3.8, 4) is 0 Å². The van der Waals surface area contributed by atoms with Crippen molar-refractivity contribution in [3.05, 3.63) is 52.7 Å². The van der Waals surface area contributed by atoms with Crippen LogP contribution in [0.4, 0.5) is 5.69 Å². The second-order valence-electron chi connectivity index (χ2n) is 3.78. The Bertz CT molecular complexity index is 498. The van der Waals surface area contributed by atoms with Gasteiger partial charge in [-0.1, -0.05) is 18.2 Å². The van der Waals surface area contributed by atoms with E-state index >= 15 is 0 Å². The summed E-state index contributed by atoms with van der Waals surface area (Å²) in [6, 6.07) is 11.1. The molecule has 1 unspecified atom stereocenters. The molecule has 1 atom stereocenters. The second kappa shape index (κ2) is 5.50. The summed E-state index contributed by atoms with van der Waals surface area (Å²) in [5.41, 5.74) is 1.79. The van der Waals surface area contributed by atoms with Crippen LogP contribution in [0.2, 0.25) is 0 Å². The molecule has 0 spiro atoms. The third-order valence-corrected chi connectivity index (χ3v) is 4.53. The number of anilines is 1. The fourth-order valence-electron chi connectivity index (χ4n) is 1.49. The quantitative estimate of drug-likeness (QED) is 0.814. The van der Waals surface area contributed by atoms with Crippen LogP contribution in [0.25, 0.3) is 0 Å². The lowest BCUT2D eigenvalue weighted by molar-refractivity contribution is 0.484. The summed E-state index contributed by atoms with van der Waals surface area (Å²) in [5, 5.41) is 6.67. The van der Waals surface area contributed by atoms with Crippen LogP contribution in [-0.2, 0) is 11.0 Å². The van der Waals surface area contributed by atoms with Gasteiger partial charge in [0.2, 0.25) is 0 Å². The second-order valence-corrected chi connectivity index (χ2v) is 6.64. The molecule has 1 aromatic carbocycles. The van der Waals surface area contributed by atoms with E-state index in [4.69, 9.17) is 0 Å². The zero-order valence-electron chi connectivity index (χ0n) is 9.24. The fraction of sp³-hybridized carbons (Fsp3) is 0.167. The summed E-state index contributed by atoms with van der Waals surface area (Å²) in [5.74, 6) is 0. The predicted molar refractivity (Wildman–Crippen MR) is 72.8 cm³/mol. The maximum Gasteiger partial charge on any atom is 0.291 e. The minimum atomic E-state index is -3.30. The van der Waals surface area contributed by atoms with Crippen molar-refractivity contribution >= 4 is 24.5 Å². The molecular weight excluding hydrogens is 253 g/mol. The van der Waals surface area contributed by atoms with Gasteiger partial charge in [-0.25, -0.2) is 0 Å². The number of benzene rings is 1. The van der Waals surface area contributed by atoms with Crippen LogP contribution >= 0.6 is 18.9 Å². The van der Waals surface area contributed by atoms with E-state index in [9.17, 15) is 9.46 Å². The molecule has 0 aliphatic rings. The van der Waals surface area contributed by atoms with E-state index in [1.54, 1.807) is 23.5 Å². The number of rotatable bonds is 5. The number of aryl methyl sites for hydroxylation is 1. The molecule has 0 radical (unpaired) electrons. The molecule has 1 heterocycles. The van der Waals surface area contributed by atoms with Crippen molar-refractivity contribution < 1.29 is 9.46 Å². The highest BCUT2D eigenvalue weighted by Gasteiger charge is 2.17. The summed E-state index contributed by atoms with van der Waals surface area (Å²) in [7, 11) is -3.30. The zero-order chi connectivity index (χ0) is 12.1. The van der Waals surface area contributed by atoms with Gasteiger partial charge in [-0.3, -0.25) is 4.57 Å². The lowest BCUT2D eigenvalue weighted by Crippen LogP contribution is -2.02. The van der Waals surface area contributed by atoms with Crippen LogP contribution in [0, 0.1) is 0 Å². The maximum absolute atomic E-state index is 11.9. The Hall–Kier alpha value is -1.09. The zero-order valence-corrected chi connectivity index (χ0v) is 11.0. The van der Waals surface area contributed by atoms with Gasteiger partial charge in [0.05, 0.1) is 0 Å². The number of nitrogens with one attached hydrogen (secondary N) is 1. The van der Waals surface area contributed by atoms with E-state index in [0.717, 1.165) is 5.56 Å². The summed E-state index contributed by atoms with van der Waals surface area (Å²) in [4.78, 5) is 9.81. The predicted octanol–water partition coefficient (Wildman–Crippen LogP) is 3.59. The molecule has 2 N–H and O–H groups in total. The summed E-state index contributed by atoms with van der Waals surface area (Å²) in [6.07, 6.45) is 0.871. The van der Waals surface area contributed by atoms with E-state index in [2.05, 4.69) is 5.09 Å². The normalized spacial score (nSPS) is 14.2. The van der Waals surface area contributed by atoms with Gasteiger partial charge in [0.15, 0.2) is 0 Å². The standard InChI is InChI=1S/C12H14NO2PS/c14-16(15,8-6-11-7-9-17-10-11)13-12-4-2-1-3-5-12/h1-5,7,9-10H,6,8H2,(H2,13,14,15). The van der Waals surface area contributed by atoms with E-state index < -0.39 is 7.52 Å². The maximum atomic E-state index is 11.9. The largest absolute Gasteiger partial charge is 0.329 e. The van der Waals surface area contributed by atoms with E-state index in [1.807, 2.05) is 35.0 Å². The van der Waals surface area contributed by atoms with Crippen LogP contribution in [0.5, 0.6) is 0 Å². The Labute approximate surface area is 105 Å². The Balaban J connectivity index is 1.93. The van der Waals surface area contributed by atoms with Gasteiger partial charge in [-0.15, -0.1) is 0 Å². The minimum absolute atomic E-state index is 0.249. The summed E-state index contributed by atoms with van der Waals surface area (Å²) in [6.45, 7) is 0. The third kappa shape index (κ3) is 4.00. The van der Waals surface area contributed by atoms with Crippen LogP contribution in [0.15, 0.2) is 47.2 Å². The van der Waals surface area contributed by atoms with Crippen molar-refractivity contribution in [1.29, 1.82) is 0 Å². The van der Waals surface area contributed by atoms with Gasteiger partial charge in [0, 0.05) is 11.8 Å². The highest BCUT2D eigenvalue weighted by atomic mass is 32.1. The van der Waals surface area contributed by atoms with Crippen molar-refractivity contribution in [3.63, 3.8) is 0 Å². The average molecular weight is 267 g/mol. The molecule has 5 heteroatoms. The first kappa shape index (κ1) is 12.4. The molecule has 0 saturated heterocycles. The van der Waals surface area contributed by atoms with Crippen molar-refractivity contribution in [2.75, 3.05) is 11.2 Å². The lowest BCUT2D eigenvalue weighted by Gasteiger charge is -2.13. The van der Waals surface area contributed by atoms with Gasteiger partial charge in [-0.2, -0.15) is 11.3 Å². The first-order chi connectivity index (χ1) is 8.16. The van der Waals surface area contributed by atoms with Crippen LogP contribution < -0.4 is 5.09 Å². The van der Waals surface area contributed by atoms with Crippen molar-refractivity contribution in [2.24, 2.45) is 0 Å². The number of hydrogen-bond acceptors (Lipinski definition) is 2. The van der Waals surface area contributed by atoms with Gasteiger partial charge >= 0.3 is 0 Å². The number of hydrogen-bond donors (Lipinski definition) is 2. The smallest absolute Gasteiger partial charge is 0.291 e. The van der Waals surface area contributed by atoms with E-state index in [-0.39, 0.29) is 6.16 Å². The van der Waals surface area contributed by atoms with Gasteiger partial charge in [0.1, 0.15) is 0 Å². The molecule has 0 aliphatic carbocycles. The Morgan fingerprint density at radius 2 is 2.00 bits per heavy atom. The van der Waals surface area contributed by atoms with E-state index in [0.29, 0.717) is 12.1 Å². The van der Waals surface area contributed by atoms with Crippen LogP contribution in [0.1, 0.15) is 5.56 Å². The average Bonchev–Trinajstić information content (AvgIpc) is 2.80. The number of para-hydroxylation sites is 1. The van der Waals surface area contributed by atoms with Crippen LogP contribution in [0.3, 0.4) is 0 Å². The summed E-state index contributed by atoms with van der Waals surface area (Å²) < 4.78 is 11.9. The minimum Gasteiger partial charge on any atom is -0.329 e. The van der Waals surface area contributed by atoms with Crippen LogP contribution in [-0.4, -0.2) is 11.1 Å². The van der Waals surface area contributed by atoms with Crippen molar-refractivity contribution in [1.82, 2.24) is 0 Å². The Morgan fingerprint density at radius 3 is 2.65 bits per heavy atom. The molecule has 0 bridgehead atoms. The topological polar surface area (TPSA) is 49.3 Å². The monoisotopic (exact) mass is 267 g/mol. The first-order valence-electron chi connectivity index (χ1n) is 5.32. The molecule has 90 valence electrons. The molecule has 17 heavy (non-hydrogen) atoms. The first-order valence-corrected chi connectivity index (χ1v) is 8.11. The molecule has 0 aliphatic heterocycles. The molecule has 0 saturated carbocycles. The van der Waals surface area contributed by atoms with Crippen molar-refractivity contribution in [2.45, 2.75) is 6.42 Å². The van der Waals surface area contributed by atoms with Gasteiger partial charge < -0.3 is 9.98 Å². The fourth-order valence-corrected chi connectivity index (χ4v) is 3.41. The van der Waals surface area contributed by atoms with E-state index in [1.165, 1.54) is 0 Å². The SMILES string of the molecule is O=P(O)(CCc1ccsc1)Nc1ccccc1. The van der Waals surface area contributed by atoms with Gasteiger partial charge in [-0.05, 0) is 40.9 Å². The molecule has 0 amide bonds. The third-order valence-electron chi connectivity index (χ3n) is 2.36. The summed E-state index contributed by atoms with van der Waals surface area (Å²) >= 11 is 1.60. The lowest BCUT2D eigenvalue weighted by atomic mass is 10.3. The van der Waals surface area contributed by atoms with Gasteiger partial charge in [0.25, 0.3) is 7.52 Å². The molecule has 2 aromatic rings. The highest BCUT2D eigenvalue weighted by Crippen LogP contribution is 2.41. The molecular formula is C12H14NO2PS.